The number of carbonyl (C=O) groups excluding carboxylic acids is 2. The number of fused-ring (bicyclic) bond motifs is 2. The Morgan fingerprint density at radius 2 is 2.17 bits per heavy atom. The third-order valence-corrected chi connectivity index (χ3v) is 6.23. The zero-order valence-corrected chi connectivity index (χ0v) is 16.2. The highest BCUT2D eigenvalue weighted by Crippen LogP contribution is 2.33. The van der Waals surface area contributed by atoms with Crippen LogP contribution in [0, 0.1) is 22.7 Å². The quantitative estimate of drug-likeness (QED) is 0.764. The molecule has 3 heterocycles. The average Bonchev–Trinajstić information content (AvgIpc) is 3.44. The zero-order chi connectivity index (χ0) is 20.5. The van der Waals surface area contributed by atoms with Crippen molar-refractivity contribution in [3.05, 3.63) is 35.4 Å². The summed E-state index contributed by atoms with van der Waals surface area (Å²) in [5.74, 6) is -0.145. The van der Waals surface area contributed by atoms with Crippen molar-refractivity contribution in [2.45, 2.75) is 50.0 Å². The summed E-state index contributed by atoms with van der Waals surface area (Å²) in [5.41, 5.74) is 7.69. The molecular weight excluding hydrogens is 368 g/mol. The highest BCUT2D eigenvalue weighted by Gasteiger charge is 2.50. The van der Waals surface area contributed by atoms with Crippen LogP contribution >= 0.6 is 0 Å². The molecule has 3 fully saturated rings. The maximum atomic E-state index is 12.9. The summed E-state index contributed by atoms with van der Waals surface area (Å²) in [5, 5.41) is 18.2. The third kappa shape index (κ3) is 3.57. The van der Waals surface area contributed by atoms with Crippen LogP contribution in [0.1, 0.15) is 30.4 Å². The molecule has 2 amide bonds. The Hall–Kier alpha value is -2.94. The summed E-state index contributed by atoms with van der Waals surface area (Å²) in [6.45, 7) is 2.09. The summed E-state index contributed by atoms with van der Waals surface area (Å²) in [7, 11) is 0. The van der Waals surface area contributed by atoms with Gasteiger partial charge in [0.15, 0.2) is 0 Å². The van der Waals surface area contributed by atoms with Crippen molar-refractivity contribution in [1.29, 1.82) is 10.5 Å². The molecule has 3 saturated heterocycles. The van der Waals surface area contributed by atoms with Gasteiger partial charge in [-0.2, -0.15) is 10.5 Å². The number of hydrogen-bond donors (Lipinski definition) is 1. The summed E-state index contributed by atoms with van der Waals surface area (Å²) in [4.78, 5) is 31.0. The molecule has 0 radical (unpaired) electrons. The Morgan fingerprint density at radius 1 is 1.34 bits per heavy atom. The monoisotopic (exact) mass is 392 g/mol. The first-order chi connectivity index (χ1) is 14.0. The second-order valence-corrected chi connectivity index (χ2v) is 8.06. The zero-order valence-electron chi connectivity index (χ0n) is 16.2. The highest BCUT2D eigenvalue weighted by molar-refractivity contribution is 5.86. The molecule has 1 aromatic rings. The minimum Gasteiger partial charge on any atom is -0.333 e. The lowest BCUT2D eigenvalue weighted by molar-refractivity contribution is -0.139. The van der Waals surface area contributed by atoms with Gasteiger partial charge in [0.05, 0.1) is 29.8 Å². The van der Waals surface area contributed by atoms with Crippen molar-refractivity contribution in [1.82, 2.24) is 14.7 Å². The van der Waals surface area contributed by atoms with Crippen LogP contribution in [0.3, 0.4) is 0 Å². The van der Waals surface area contributed by atoms with Crippen molar-refractivity contribution in [2.75, 3.05) is 19.6 Å². The van der Waals surface area contributed by atoms with Crippen LogP contribution < -0.4 is 5.73 Å². The van der Waals surface area contributed by atoms with Crippen molar-refractivity contribution in [3.8, 4) is 12.1 Å². The van der Waals surface area contributed by atoms with Crippen molar-refractivity contribution in [2.24, 2.45) is 5.73 Å². The third-order valence-electron chi connectivity index (χ3n) is 6.23. The van der Waals surface area contributed by atoms with E-state index in [0.717, 1.165) is 18.4 Å². The number of hydrogen-bond acceptors (Lipinski definition) is 6. The first-order valence-corrected chi connectivity index (χ1v) is 10.0. The molecule has 29 heavy (non-hydrogen) atoms. The summed E-state index contributed by atoms with van der Waals surface area (Å²) in [6.07, 6.45) is 2.26. The van der Waals surface area contributed by atoms with Crippen LogP contribution in [-0.2, 0) is 16.1 Å². The predicted molar refractivity (Wildman–Crippen MR) is 104 cm³/mol. The van der Waals surface area contributed by atoms with Crippen LogP contribution in [0.4, 0.5) is 0 Å². The van der Waals surface area contributed by atoms with E-state index in [4.69, 9.17) is 11.0 Å². The van der Waals surface area contributed by atoms with Crippen LogP contribution in [-0.4, -0.2) is 70.3 Å². The fraction of sp³-hybridized carbons (Fsp3) is 0.524. The summed E-state index contributed by atoms with van der Waals surface area (Å²) in [6, 6.07) is 10.4. The molecule has 0 aliphatic carbocycles. The number of nitrogens with two attached hydrogens (primary N) is 1. The number of amides is 2. The average molecular weight is 392 g/mol. The van der Waals surface area contributed by atoms with Crippen LogP contribution in [0.15, 0.2) is 24.3 Å². The SMILES string of the molecule is N#Cc1cccc(CN2C(=O)[C@@H]3C[C@H]2CN3C[C@H](N)C(=O)N2CCC[C@H]2C#N)c1. The minimum atomic E-state index is -0.725. The molecule has 8 nitrogen and oxygen atoms in total. The molecule has 2 bridgehead atoms. The van der Waals surface area contributed by atoms with Gasteiger partial charge in [0.25, 0.3) is 0 Å². The van der Waals surface area contributed by atoms with Crippen LogP contribution in [0.2, 0.25) is 0 Å². The van der Waals surface area contributed by atoms with Crippen molar-refractivity contribution < 1.29 is 9.59 Å². The molecular formula is C21H24N6O2. The molecule has 0 saturated carbocycles. The van der Waals surface area contributed by atoms with E-state index in [2.05, 4.69) is 12.1 Å². The molecule has 1 aromatic carbocycles. The number of piperazine rings is 1. The van der Waals surface area contributed by atoms with Gasteiger partial charge in [-0.3, -0.25) is 14.5 Å². The van der Waals surface area contributed by atoms with Gasteiger partial charge in [0, 0.05) is 32.2 Å². The number of benzene rings is 1. The first kappa shape index (κ1) is 19.4. The van der Waals surface area contributed by atoms with Gasteiger partial charge in [-0.25, -0.2) is 0 Å². The normalized spacial score (nSPS) is 27.1. The minimum absolute atomic E-state index is 0.0549. The van der Waals surface area contributed by atoms with Crippen molar-refractivity contribution in [3.63, 3.8) is 0 Å². The van der Waals surface area contributed by atoms with E-state index < -0.39 is 6.04 Å². The number of nitriles is 2. The summed E-state index contributed by atoms with van der Waals surface area (Å²) < 4.78 is 0. The lowest BCUT2D eigenvalue weighted by Crippen LogP contribution is -2.56. The largest absolute Gasteiger partial charge is 0.333 e. The van der Waals surface area contributed by atoms with E-state index in [1.165, 1.54) is 0 Å². The molecule has 0 unspecified atom stereocenters. The second kappa shape index (κ2) is 7.82. The maximum absolute atomic E-state index is 12.9. The first-order valence-electron chi connectivity index (χ1n) is 10.0. The standard InChI is InChI=1S/C21H24N6O2/c22-9-14-3-1-4-15(7-14)11-27-17-8-19(21(27)29)25(12-17)13-18(24)20(28)26-6-2-5-16(26)10-23/h1,3-4,7,16-19H,2,5-6,8,11-13,24H2/t16-,17-,18-,19-/m0/s1. The Labute approximate surface area is 170 Å². The molecule has 2 N–H and O–H groups in total. The van der Waals surface area contributed by atoms with Gasteiger partial charge >= 0.3 is 0 Å². The van der Waals surface area contributed by atoms with Gasteiger partial charge in [-0.15, -0.1) is 0 Å². The van der Waals surface area contributed by atoms with E-state index in [9.17, 15) is 14.9 Å². The van der Waals surface area contributed by atoms with Crippen LogP contribution in [0.25, 0.3) is 0 Å². The highest BCUT2D eigenvalue weighted by atomic mass is 16.2. The van der Waals surface area contributed by atoms with Gasteiger partial charge < -0.3 is 15.5 Å². The Balaban J connectivity index is 1.36. The maximum Gasteiger partial charge on any atom is 0.241 e. The molecule has 8 heteroatoms. The van der Waals surface area contributed by atoms with E-state index in [0.29, 0.717) is 38.2 Å². The molecule has 0 spiro atoms. The molecule has 3 aliphatic heterocycles. The van der Waals surface area contributed by atoms with Gasteiger partial charge in [-0.05, 0) is 37.0 Å². The molecule has 0 aromatic heterocycles. The Kier molecular flexibility index (Phi) is 5.23. The van der Waals surface area contributed by atoms with E-state index >= 15 is 0 Å². The molecule has 4 atom stereocenters. The molecule has 4 rings (SSSR count). The van der Waals surface area contributed by atoms with Crippen molar-refractivity contribution >= 4 is 11.8 Å². The Bertz CT molecular complexity index is 903. The van der Waals surface area contributed by atoms with E-state index in [1.807, 2.05) is 28.0 Å². The fourth-order valence-corrected chi connectivity index (χ4v) is 4.79. The fourth-order valence-electron chi connectivity index (χ4n) is 4.79. The molecule has 3 aliphatic rings. The lowest BCUT2D eigenvalue weighted by atomic mass is 10.1. The number of carbonyl (C=O) groups is 2. The van der Waals surface area contributed by atoms with E-state index in [-0.39, 0.29) is 29.9 Å². The smallest absolute Gasteiger partial charge is 0.241 e. The molecule has 150 valence electrons. The van der Waals surface area contributed by atoms with E-state index in [1.54, 1.807) is 11.0 Å². The second-order valence-electron chi connectivity index (χ2n) is 8.06. The summed E-state index contributed by atoms with van der Waals surface area (Å²) >= 11 is 0. The number of nitrogens with zero attached hydrogens (tertiary/aromatic N) is 5. The lowest BCUT2D eigenvalue weighted by Gasteiger charge is -2.35. The van der Waals surface area contributed by atoms with Gasteiger partial charge in [0.1, 0.15) is 6.04 Å². The van der Waals surface area contributed by atoms with Gasteiger partial charge in [0.2, 0.25) is 11.8 Å². The predicted octanol–water partition coefficient (Wildman–Crippen LogP) is 0.185. The number of likely N-dealkylation sites (tertiary alicyclic amines) is 3. The van der Waals surface area contributed by atoms with Gasteiger partial charge in [-0.1, -0.05) is 12.1 Å². The topological polar surface area (TPSA) is 117 Å². The Morgan fingerprint density at radius 3 is 2.90 bits per heavy atom. The number of rotatable bonds is 5. The van der Waals surface area contributed by atoms with Crippen LogP contribution in [0.5, 0.6) is 0 Å².